The molecule has 10 heteroatoms. The summed E-state index contributed by atoms with van der Waals surface area (Å²) in [5, 5.41) is 9.00. The van der Waals surface area contributed by atoms with E-state index in [0.29, 0.717) is 10.8 Å². The summed E-state index contributed by atoms with van der Waals surface area (Å²) in [5.74, 6) is -0.446. The summed E-state index contributed by atoms with van der Waals surface area (Å²) in [4.78, 5) is 15.9. The second kappa shape index (κ2) is 7.41. The topological polar surface area (TPSA) is 79.9 Å². The first-order valence-corrected chi connectivity index (χ1v) is 7.28. The first-order valence-electron chi connectivity index (χ1n) is 6.03. The lowest BCUT2D eigenvalue weighted by atomic mass is 10.3. The average Bonchev–Trinajstić information content (AvgIpc) is 2.94. The molecule has 0 bridgehead atoms. The molecule has 0 unspecified atom stereocenters. The Hall–Kier alpha value is -1.87. The standard InChI is InChI=1S/C12H11ClF2N4O2S/c1-6(22-12-16-5-17-19-12)10(20)18-7-2-3-9(8(13)4-7)21-11(14)15/h2-6,11H,1H3,(H,18,20)(H,16,17,19)/t6-/m0/s1. The molecule has 1 aromatic carbocycles. The fourth-order valence-electron chi connectivity index (χ4n) is 1.49. The van der Waals surface area contributed by atoms with Crippen LogP contribution in [0.25, 0.3) is 0 Å². The van der Waals surface area contributed by atoms with Crippen LogP contribution in [0.4, 0.5) is 14.5 Å². The van der Waals surface area contributed by atoms with Crippen LogP contribution in [-0.2, 0) is 4.79 Å². The van der Waals surface area contributed by atoms with Gasteiger partial charge in [-0.05, 0) is 25.1 Å². The van der Waals surface area contributed by atoms with Crippen molar-refractivity contribution in [3.05, 3.63) is 29.5 Å². The SMILES string of the molecule is C[C@H](Sc1ncn[nH]1)C(=O)Nc1ccc(OC(F)F)c(Cl)c1. The first-order chi connectivity index (χ1) is 10.5. The Morgan fingerprint density at radius 2 is 2.27 bits per heavy atom. The van der Waals surface area contributed by atoms with Crippen LogP contribution in [0.5, 0.6) is 5.75 Å². The Bertz CT molecular complexity index is 642. The van der Waals surface area contributed by atoms with E-state index >= 15 is 0 Å². The van der Waals surface area contributed by atoms with E-state index in [9.17, 15) is 13.6 Å². The number of amides is 1. The second-order valence-electron chi connectivity index (χ2n) is 4.06. The summed E-state index contributed by atoms with van der Waals surface area (Å²) >= 11 is 7.01. The summed E-state index contributed by atoms with van der Waals surface area (Å²) < 4.78 is 28.5. The van der Waals surface area contributed by atoms with Crippen molar-refractivity contribution < 1.29 is 18.3 Å². The molecule has 0 aliphatic rings. The highest BCUT2D eigenvalue weighted by atomic mass is 35.5. The molecule has 1 amide bonds. The van der Waals surface area contributed by atoms with Crippen molar-refractivity contribution in [1.29, 1.82) is 0 Å². The van der Waals surface area contributed by atoms with Crippen molar-refractivity contribution in [2.45, 2.75) is 23.9 Å². The summed E-state index contributed by atoms with van der Waals surface area (Å²) in [6.45, 7) is -1.27. The molecule has 1 heterocycles. The molecule has 118 valence electrons. The van der Waals surface area contributed by atoms with Gasteiger partial charge in [0.05, 0.1) is 10.3 Å². The normalized spacial score (nSPS) is 12.2. The Labute approximate surface area is 133 Å². The van der Waals surface area contributed by atoms with Gasteiger partial charge in [0, 0.05) is 5.69 Å². The molecule has 0 saturated carbocycles. The molecule has 1 atom stereocenters. The first kappa shape index (κ1) is 16.5. The number of H-pyrrole nitrogens is 1. The van der Waals surface area contributed by atoms with E-state index in [2.05, 4.69) is 25.2 Å². The Morgan fingerprint density at radius 3 is 2.86 bits per heavy atom. The fraction of sp³-hybridized carbons (Fsp3) is 0.250. The zero-order valence-electron chi connectivity index (χ0n) is 11.2. The van der Waals surface area contributed by atoms with Crippen LogP contribution < -0.4 is 10.1 Å². The van der Waals surface area contributed by atoms with Crippen LogP contribution in [0.1, 0.15) is 6.92 Å². The number of anilines is 1. The lowest BCUT2D eigenvalue weighted by molar-refractivity contribution is -0.115. The summed E-state index contributed by atoms with van der Waals surface area (Å²) in [6.07, 6.45) is 1.34. The van der Waals surface area contributed by atoms with Gasteiger partial charge in [-0.3, -0.25) is 9.89 Å². The summed E-state index contributed by atoms with van der Waals surface area (Å²) in [6, 6.07) is 4.02. The van der Waals surface area contributed by atoms with Crippen molar-refractivity contribution >= 4 is 35.0 Å². The number of rotatable bonds is 6. The number of hydrogen-bond acceptors (Lipinski definition) is 5. The van der Waals surface area contributed by atoms with Gasteiger partial charge in [-0.25, -0.2) is 4.98 Å². The Kier molecular flexibility index (Phi) is 5.56. The molecule has 2 N–H and O–H groups in total. The number of benzene rings is 1. The number of carbonyl (C=O) groups excluding carboxylic acids is 1. The number of hydrogen-bond donors (Lipinski definition) is 2. The molecule has 6 nitrogen and oxygen atoms in total. The van der Waals surface area contributed by atoms with E-state index in [1.54, 1.807) is 6.92 Å². The summed E-state index contributed by atoms with van der Waals surface area (Å²) in [5.41, 5.74) is 0.377. The minimum absolute atomic E-state index is 0.0198. The lowest BCUT2D eigenvalue weighted by Crippen LogP contribution is -2.22. The van der Waals surface area contributed by atoms with Gasteiger partial charge < -0.3 is 10.1 Å². The van der Waals surface area contributed by atoms with Gasteiger partial charge in [0.1, 0.15) is 12.1 Å². The molecule has 0 spiro atoms. The number of alkyl halides is 2. The van der Waals surface area contributed by atoms with Gasteiger partial charge in [-0.2, -0.15) is 13.9 Å². The number of thioether (sulfide) groups is 1. The highest BCUT2D eigenvalue weighted by Gasteiger charge is 2.17. The molecular weight excluding hydrogens is 338 g/mol. The minimum Gasteiger partial charge on any atom is -0.433 e. The van der Waals surface area contributed by atoms with Gasteiger partial charge in [-0.1, -0.05) is 23.4 Å². The van der Waals surface area contributed by atoms with Gasteiger partial charge in [-0.15, -0.1) is 0 Å². The van der Waals surface area contributed by atoms with E-state index in [1.807, 2.05) is 0 Å². The number of aromatic nitrogens is 3. The largest absolute Gasteiger partial charge is 0.433 e. The molecule has 22 heavy (non-hydrogen) atoms. The van der Waals surface area contributed by atoms with Crippen molar-refractivity contribution in [3.63, 3.8) is 0 Å². The molecule has 0 saturated heterocycles. The maximum Gasteiger partial charge on any atom is 0.387 e. The molecule has 0 fully saturated rings. The van der Waals surface area contributed by atoms with Gasteiger partial charge in [0.15, 0.2) is 5.16 Å². The monoisotopic (exact) mass is 348 g/mol. The maximum absolute atomic E-state index is 12.1. The number of nitrogens with one attached hydrogen (secondary N) is 2. The number of carbonyl (C=O) groups is 1. The Balaban J connectivity index is 1.97. The smallest absolute Gasteiger partial charge is 0.387 e. The average molecular weight is 349 g/mol. The van der Waals surface area contributed by atoms with Crippen molar-refractivity contribution in [2.24, 2.45) is 0 Å². The minimum atomic E-state index is -2.96. The van der Waals surface area contributed by atoms with Crippen molar-refractivity contribution in [3.8, 4) is 5.75 Å². The van der Waals surface area contributed by atoms with Crippen LogP contribution in [0.2, 0.25) is 5.02 Å². The van der Waals surface area contributed by atoms with Gasteiger partial charge >= 0.3 is 6.61 Å². The van der Waals surface area contributed by atoms with Gasteiger partial charge in [0.25, 0.3) is 0 Å². The zero-order chi connectivity index (χ0) is 16.1. The van der Waals surface area contributed by atoms with Crippen LogP contribution in [0.15, 0.2) is 29.7 Å². The highest BCUT2D eigenvalue weighted by Crippen LogP contribution is 2.29. The molecule has 2 aromatic rings. The molecule has 1 aromatic heterocycles. The van der Waals surface area contributed by atoms with Crippen molar-refractivity contribution in [1.82, 2.24) is 15.2 Å². The molecular formula is C12H11ClF2N4O2S. The number of aromatic amines is 1. The summed E-state index contributed by atoms with van der Waals surface area (Å²) in [7, 11) is 0. The van der Waals surface area contributed by atoms with E-state index < -0.39 is 11.9 Å². The van der Waals surface area contributed by atoms with Crippen LogP contribution >= 0.6 is 23.4 Å². The molecule has 2 rings (SSSR count). The lowest BCUT2D eigenvalue weighted by Gasteiger charge is -2.12. The Morgan fingerprint density at radius 1 is 1.50 bits per heavy atom. The molecule has 0 radical (unpaired) electrons. The fourth-order valence-corrected chi connectivity index (χ4v) is 2.43. The zero-order valence-corrected chi connectivity index (χ0v) is 12.8. The van der Waals surface area contributed by atoms with Crippen molar-refractivity contribution in [2.75, 3.05) is 5.32 Å². The second-order valence-corrected chi connectivity index (χ2v) is 5.80. The number of halogens is 3. The number of ether oxygens (including phenoxy) is 1. The molecule has 0 aliphatic heterocycles. The third kappa shape index (κ3) is 4.57. The third-order valence-electron chi connectivity index (χ3n) is 2.47. The predicted molar refractivity (Wildman–Crippen MR) is 78.4 cm³/mol. The van der Waals surface area contributed by atoms with Crippen LogP contribution in [-0.4, -0.2) is 32.9 Å². The van der Waals surface area contributed by atoms with Crippen LogP contribution in [0.3, 0.4) is 0 Å². The van der Waals surface area contributed by atoms with E-state index in [0.717, 1.165) is 0 Å². The predicted octanol–water partition coefficient (Wildman–Crippen LogP) is 3.18. The van der Waals surface area contributed by atoms with Crippen LogP contribution in [0, 0.1) is 0 Å². The van der Waals surface area contributed by atoms with Gasteiger partial charge in [0.2, 0.25) is 5.91 Å². The number of nitrogens with zero attached hydrogens (tertiary/aromatic N) is 2. The molecule has 0 aliphatic carbocycles. The van der Waals surface area contributed by atoms with E-state index in [-0.39, 0.29) is 16.7 Å². The van der Waals surface area contributed by atoms with E-state index in [4.69, 9.17) is 11.6 Å². The highest BCUT2D eigenvalue weighted by molar-refractivity contribution is 8.00. The quantitative estimate of drug-likeness (QED) is 0.784. The maximum atomic E-state index is 12.1. The van der Waals surface area contributed by atoms with E-state index in [1.165, 1.54) is 36.3 Å². The third-order valence-corrected chi connectivity index (χ3v) is 3.75.